The smallest absolute Gasteiger partial charge is 0.256 e. The van der Waals surface area contributed by atoms with Crippen LogP contribution in [0.2, 0.25) is 0 Å². The van der Waals surface area contributed by atoms with E-state index < -0.39 is 6.10 Å². The number of likely N-dealkylation sites (N-methyl/N-ethyl adjacent to an activating group) is 1. The number of nitrogens with zero attached hydrogens (tertiary/aromatic N) is 3. The summed E-state index contributed by atoms with van der Waals surface area (Å²) in [5.74, 6) is -0.220. The third-order valence-electron chi connectivity index (χ3n) is 6.66. The highest BCUT2D eigenvalue weighted by atomic mass is 16.3. The zero-order valence-corrected chi connectivity index (χ0v) is 19.1. The first-order valence-corrected chi connectivity index (χ1v) is 11.5. The van der Waals surface area contributed by atoms with Gasteiger partial charge in [-0.1, -0.05) is 30.3 Å². The van der Waals surface area contributed by atoms with Crippen LogP contribution in [0.5, 0.6) is 0 Å². The van der Waals surface area contributed by atoms with Crippen molar-refractivity contribution in [3.05, 3.63) is 77.0 Å². The van der Waals surface area contributed by atoms with Crippen LogP contribution in [0.3, 0.4) is 0 Å². The lowest BCUT2D eigenvalue weighted by Crippen LogP contribution is -3.12. The van der Waals surface area contributed by atoms with Crippen LogP contribution in [0.25, 0.3) is 0 Å². The summed E-state index contributed by atoms with van der Waals surface area (Å²) in [6.45, 7) is 4.80. The number of fused-ring (bicyclic) bond motifs is 1. The number of quaternary nitrogens is 1. The molecule has 0 bridgehead atoms. The zero-order valence-electron chi connectivity index (χ0n) is 19.1. The minimum Gasteiger partial charge on any atom is -0.378 e. The van der Waals surface area contributed by atoms with Gasteiger partial charge in [-0.05, 0) is 29.8 Å². The molecule has 0 radical (unpaired) electrons. The normalized spacial score (nSPS) is 16.9. The summed E-state index contributed by atoms with van der Waals surface area (Å²) in [6, 6.07) is 16.5. The number of piperazine rings is 1. The number of aliphatic hydroxyl groups is 1. The van der Waals surface area contributed by atoms with Crippen molar-refractivity contribution >= 4 is 23.3 Å². The summed E-state index contributed by atoms with van der Waals surface area (Å²) in [6.07, 6.45) is -1.23. The van der Waals surface area contributed by atoms with E-state index >= 15 is 0 Å². The predicted octanol–water partition coefficient (Wildman–Crippen LogP) is 0.573. The number of hydrogen-bond acceptors (Lipinski definition) is 5. The van der Waals surface area contributed by atoms with Gasteiger partial charge in [0.05, 0.1) is 52.0 Å². The van der Waals surface area contributed by atoms with E-state index in [1.54, 1.807) is 29.2 Å². The third kappa shape index (κ3) is 4.40. The maximum absolute atomic E-state index is 12.8. The number of aliphatic hydroxyl groups excluding tert-OH is 1. The van der Waals surface area contributed by atoms with Crippen molar-refractivity contribution in [2.45, 2.75) is 19.2 Å². The van der Waals surface area contributed by atoms with Crippen molar-refractivity contribution < 1.29 is 19.6 Å². The van der Waals surface area contributed by atoms with Gasteiger partial charge < -0.3 is 25.1 Å². The number of aromatic nitrogens is 2. The molecule has 3 heterocycles. The van der Waals surface area contributed by atoms with Gasteiger partial charge in [0.1, 0.15) is 0 Å². The molecule has 1 fully saturated rings. The molecule has 3 aromatic rings. The van der Waals surface area contributed by atoms with E-state index in [-0.39, 0.29) is 18.4 Å². The molecular formula is C25H29N6O3+. The van der Waals surface area contributed by atoms with Crippen LogP contribution in [0.1, 0.15) is 33.3 Å². The minimum atomic E-state index is -1.23. The Kier molecular flexibility index (Phi) is 6.04. The Bertz CT molecular complexity index is 1170. The van der Waals surface area contributed by atoms with E-state index in [0.717, 1.165) is 43.1 Å². The van der Waals surface area contributed by atoms with E-state index in [1.165, 1.54) is 4.90 Å². The molecule has 0 spiro atoms. The van der Waals surface area contributed by atoms with Crippen LogP contribution >= 0.6 is 0 Å². The molecule has 176 valence electrons. The number of carbonyl (C=O) groups is 2. The van der Waals surface area contributed by atoms with Crippen molar-refractivity contribution in [2.75, 3.05) is 43.4 Å². The van der Waals surface area contributed by atoms with Crippen LogP contribution < -0.4 is 15.1 Å². The highest BCUT2D eigenvalue weighted by Gasteiger charge is 2.32. The first kappa shape index (κ1) is 22.1. The van der Waals surface area contributed by atoms with Gasteiger partial charge in [0.15, 0.2) is 11.9 Å². The molecule has 1 atom stereocenters. The molecule has 2 aliphatic rings. The standard InChI is InChI=1S/C25H28N6O3/c1-29-11-13-30(14-12-29)19-9-7-18(8-10-19)24(33)26-23-20-15-31(16-21(20)27-28-23)25(34)22(32)17-5-3-2-4-6-17/h2-10,22,32H,11-16H2,1H3,(H2,26,27,28,33)/p+1/t22-/m1/s1. The van der Waals surface area contributed by atoms with E-state index in [2.05, 4.69) is 27.5 Å². The summed E-state index contributed by atoms with van der Waals surface area (Å²) < 4.78 is 0. The number of benzene rings is 2. The Morgan fingerprint density at radius 2 is 1.76 bits per heavy atom. The topological polar surface area (TPSA) is 106 Å². The van der Waals surface area contributed by atoms with Gasteiger partial charge in [-0.15, -0.1) is 0 Å². The maximum Gasteiger partial charge on any atom is 0.256 e. The second-order valence-electron chi connectivity index (χ2n) is 8.98. The van der Waals surface area contributed by atoms with Crippen LogP contribution in [-0.2, 0) is 17.9 Å². The highest BCUT2D eigenvalue weighted by molar-refractivity contribution is 6.04. The van der Waals surface area contributed by atoms with Crippen LogP contribution in [0, 0.1) is 0 Å². The summed E-state index contributed by atoms with van der Waals surface area (Å²) >= 11 is 0. The molecule has 2 amide bonds. The Morgan fingerprint density at radius 3 is 2.47 bits per heavy atom. The molecule has 9 nitrogen and oxygen atoms in total. The molecule has 1 saturated heterocycles. The summed E-state index contributed by atoms with van der Waals surface area (Å²) in [4.78, 5) is 31.1. The molecule has 0 aliphatic carbocycles. The van der Waals surface area contributed by atoms with Gasteiger partial charge in [-0.25, -0.2) is 0 Å². The van der Waals surface area contributed by atoms with Gasteiger partial charge in [0.2, 0.25) is 0 Å². The lowest BCUT2D eigenvalue weighted by molar-refractivity contribution is -0.880. The molecule has 2 aliphatic heterocycles. The molecular weight excluding hydrogens is 432 g/mol. The summed E-state index contributed by atoms with van der Waals surface area (Å²) in [5.41, 5.74) is 3.74. The zero-order chi connectivity index (χ0) is 23.7. The Balaban J connectivity index is 1.22. The fourth-order valence-corrected chi connectivity index (χ4v) is 4.50. The SMILES string of the molecule is C[NH+]1CCN(c2ccc(C(=O)Nc3n[nH]c4c3CN(C(=O)[C@H](O)c3ccccc3)C4)cc2)CC1. The number of hydrogen-bond donors (Lipinski definition) is 4. The first-order valence-electron chi connectivity index (χ1n) is 11.5. The molecule has 9 heteroatoms. The molecule has 5 rings (SSSR count). The quantitative estimate of drug-likeness (QED) is 0.445. The number of aromatic amines is 1. The van der Waals surface area contributed by atoms with Crippen molar-refractivity contribution in [1.29, 1.82) is 0 Å². The fourth-order valence-electron chi connectivity index (χ4n) is 4.50. The Labute approximate surface area is 198 Å². The van der Waals surface area contributed by atoms with Crippen LogP contribution in [-0.4, -0.2) is 65.2 Å². The molecule has 4 N–H and O–H groups in total. The Morgan fingerprint density at radius 1 is 1.06 bits per heavy atom. The fraction of sp³-hybridized carbons (Fsp3) is 0.320. The predicted molar refractivity (Wildman–Crippen MR) is 127 cm³/mol. The van der Waals surface area contributed by atoms with Crippen molar-refractivity contribution in [1.82, 2.24) is 15.1 Å². The second kappa shape index (κ2) is 9.28. The van der Waals surface area contributed by atoms with Gasteiger partial charge in [-0.2, -0.15) is 5.10 Å². The number of H-pyrrole nitrogens is 1. The third-order valence-corrected chi connectivity index (χ3v) is 6.66. The van der Waals surface area contributed by atoms with Crippen LogP contribution in [0.15, 0.2) is 54.6 Å². The van der Waals surface area contributed by atoms with Crippen molar-refractivity contribution in [2.24, 2.45) is 0 Å². The molecule has 2 aromatic carbocycles. The summed E-state index contributed by atoms with van der Waals surface area (Å²) in [5, 5.41) is 20.5. The van der Waals surface area contributed by atoms with Gasteiger partial charge >= 0.3 is 0 Å². The summed E-state index contributed by atoms with van der Waals surface area (Å²) in [7, 11) is 2.21. The molecule has 0 saturated carbocycles. The van der Waals surface area contributed by atoms with Crippen molar-refractivity contribution in [3.63, 3.8) is 0 Å². The largest absolute Gasteiger partial charge is 0.378 e. The van der Waals surface area contributed by atoms with Gasteiger partial charge in [0, 0.05) is 16.8 Å². The van der Waals surface area contributed by atoms with E-state index in [9.17, 15) is 14.7 Å². The average Bonchev–Trinajstić information content (AvgIpc) is 3.46. The van der Waals surface area contributed by atoms with Crippen LogP contribution in [0.4, 0.5) is 11.5 Å². The monoisotopic (exact) mass is 461 g/mol. The number of anilines is 2. The number of carbonyl (C=O) groups excluding carboxylic acids is 2. The highest BCUT2D eigenvalue weighted by Crippen LogP contribution is 2.30. The Hall–Kier alpha value is -3.69. The minimum absolute atomic E-state index is 0.252. The van der Waals surface area contributed by atoms with E-state index in [1.807, 2.05) is 30.3 Å². The lowest BCUT2D eigenvalue weighted by Gasteiger charge is -2.31. The number of amides is 2. The molecule has 34 heavy (non-hydrogen) atoms. The van der Waals surface area contributed by atoms with Gasteiger partial charge in [-0.3, -0.25) is 14.7 Å². The molecule has 0 unspecified atom stereocenters. The van der Waals surface area contributed by atoms with E-state index in [0.29, 0.717) is 23.5 Å². The second-order valence-corrected chi connectivity index (χ2v) is 8.98. The lowest BCUT2D eigenvalue weighted by atomic mass is 10.1. The number of rotatable bonds is 5. The van der Waals surface area contributed by atoms with Gasteiger partial charge in [0.25, 0.3) is 11.8 Å². The number of nitrogens with one attached hydrogen (secondary N) is 3. The molecule has 1 aromatic heterocycles. The first-order chi connectivity index (χ1) is 16.5. The maximum atomic E-state index is 12.8. The van der Waals surface area contributed by atoms with Crippen molar-refractivity contribution in [3.8, 4) is 0 Å². The average molecular weight is 462 g/mol. The van der Waals surface area contributed by atoms with E-state index in [4.69, 9.17) is 0 Å².